The van der Waals surface area contributed by atoms with Crippen molar-refractivity contribution < 1.29 is 4.79 Å². The number of rotatable bonds is 5. The van der Waals surface area contributed by atoms with Crippen molar-refractivity contribution in [1.29, 1.82) is 0 Å². The van der Waals surface area contributed by atoms with E-state index in [1.807, 2.05) is 11.8 Å². The van der Waals surface area contributed by atoms with E-state index >= 15 is 0 Å². The highest BCUT2D eigenvalue weighted by molar-refractivity contribution is 5.88. The Morgan fingerprint density at radius 1 is 1.38 bits per heavy atom. The third kappa shape index (κ3) is 3.29. The molecule has 1 aromatic rings. The van der Waals surface area contributed by atoms with Gasteiger partial charge in [0.25, 0.3) is 0 Å². The molecule has 0 saturated carbocycles. The normalized spacial score (nSPS) is 25.9. The zero-order chi connectivity index (χ0) is 15.6. The van der Waals surface area contributed by atoms with Crippen LogP contribution >= 0.6 is 0 Å². The van der Waals surface area contributed by atoms with Crippen LogP contribution in [-0.2, 0) is 4.79 Å². The summed E-state index contributed by atoms with van der Waals surface area (Å²) in [5.74, 6) is 0.835. The maximum Gasteiger partial charge on any atom is 0.244 e. The second kappa shape index (κ2) is 6.18. The van der Waals surface area contributed by atoms with E-state index in [4.69, 9.17) is 0 Å². The van der Waals surface area contributed by atoms with E-state index < -0.39 is 5.54 Å². The Bertz CT molecular complexity index is 512. The SMILES string of the molecule is CCC1(C)NC(c2cccc(C)c2)N(CCC(C)C)C1=O. The van der Waals surface area contributed by atoms with E-state index in [-0.39, 0.29) is 12.1 Å². The second-order valence-electron chi connectivity index (χ2n) is 6.83. The molecule has 1 saturated heterocycles. The molecule has 0 aliphatic carbocycles. The third-order valence-corrected chi connectivity index (χ3v) is 4.51. The molecular weight excluding hydrogens is 260 g/mol. The minimum Gasteiger partial charge on any atom is -0.321 e. The summed E-state index contributed by atoms with van der Waals surface area (Å²) < 4.78 is 0. The number of benzene rings is 1. The molecule has 1 aliphatic rings. The summed E-state index contributed by atoms with van der Waals surface area (Å²) in [6.45, 7) is 11.4. The van der Waals surface area contributed by atoms with Crippen molar-refractivity contribution in [1.82, 2.24) is 10.2 Å². The maximum atomic E-state index is 12.8. The molecule has 0 aromatic heterocycles. The molecule has 1 fully saturated rings. The van der Waals surface area contributed by atoms with Crippen LogP contribution in [0.15, 0.2) is 24.3 Å². The first kappa shape index (κ1) is 16.0. The standard InChI is InChI=1S/C18H28N2O/c1-6-18(5)17(21)20(11-10-13(2)3)16(19-18)15-9-7-8-14(4)12-15/h7-9,12-13,16,19H,6,10-11H2,1-5H3. The first-order valence-electron chi connectivity index (χ1n) is 8.02. The minimum absolute atomic E-state index is 0.00102. The molecule has 1 heterocycles. The number of hydrogen-bond acceptors (Lipinski definition) is 2. The van der Waals surface area contributed by atoms with Gasteiger partial charge in [-0.05, 0) is 38.2 Å². The summed E-state index contributed by atoms with van der Waals surface area (Å²) in [6, 6.07) is 8.45. The van der Waals surface area contributed by atoms with Crippen molar-refractivity contribution >= 4 is 5.91 Å². The van der Waals surface area contributed by atoms with Gasteiger partial charge in [0.2, 0.25) is 5.91 Å². The molecule has 116 valence electrons. The fraction of sp³-hybridized carbons (Fsp3) is 0.611. The van der Waals surface area contributed by atoms with Gasteiger partial charge >= 0.3 is 0 Å². The molecule has 1 N–H and O–H groups in total. The highest BCUT2D eigenvalue weighted by Crippen LogP contribution is 2.33. The fourth-order valence-electron chi connectivity index (χ4n) is 2.86. The van der Waals surface area contributed by atoms with Gasteiger partial charge in [0.15, 0.2) is 0 Å². The molecule has 0 bridgehead atoms. The number of nitrogens with one attached hydrogen (secondary N) is 1. The van der Waals surface area contributed by atoms with Crippen LogP contribution in [0, 0.1) is 12.8 Å². The monoisotopic (exact) mass is 288 g/mol. The van der Waals surface area contributed by atoms with Crippen LogP contribution in [-0.4, -0.2) is 22.9 Å². The minimum atomic E-state index is -0.439. The summed E-state index contributed by atoms with van der Waals surface area (Å²) >= 11 is 0. The van der Waals surface area contributed by atoms with Crippen molar-refractivity contribution in [3.8, 4) is 0 Å². The van der Waals surface area contributed by atoms with Crippen LogP contribution in [0.25, 0.3) is 0 Å². The molecule has 1 amide bonds. The van der Waals surface area contributed by atoms with Crippen LogP contribution in [0.5, 0.6) is 0 Å². The predicted molar refractivity (Wildman–Crippen MR) is 86.9 cm³/mol. The van der Waals surface area contributed by atoms with Crippen LogP contribution in [0.4, 0.5) is 0 Å². The largest absolute Gasteiger partial charge is 0.321 e. The van der Waals surface area contributed by atoms with E-state index in [0.717, 1.165) is 19.4 Å². The van der Waals surface area contributed by atoms with Gasteiger partial charge in [-0.3, -0.25) is 10.1 Å². The Kier molecular flexibility index (Phi) is 4.72. The first-order valence-corrected chi connectivity index (χ1v) is 8.02. The van der Waals surface area contributed by atoms with Crippen molar-refractivity contribution in [3.05, 3.63) is 35.4 Å². The molecule has 3 nitrogen and oxygen atoms in total. The summed E-state index contributed by atoms with van der Waals surface area (Å²) in [5.41, 5.74) is 1.98. The second-order valence-corrected chi connectivity index (χ2v) is 6.83. The van der Waals surface area contributed by atoms with Gasteiger partial charge in [-0.25, -0.2) is 0 Å². The van der Waals surface area contributed by atoms with E-state index in [2.05, 4.69) is 57.3 Å². The quantitative estimate of drug-likeness (QED) is 0.897. The average Bonchev–Trinajstić information content (AvgIpc) is 2.70. The van der Waals surface area contributed by atoms with E-state index in [0.29, 0.717) is 5.92 Å². The Balaban J connectivity index is 2.29. The number of amides is 1. The van der Waals surface area contributed by atoms with Crippen LogP contribution < -0.4 is 5.32 Å². The highest BCUT2D eigenvalue weighted by atomic mass is 16.2. The third-order valence-electron chi connectivity index (χ3n) is 4.51. The highest BCUT2D eigenvalue weighted by Gasteiger charge is 2.46. The summed E-state index contributed by atoms with van der Waals surface area (Å²) in [5, 5.41) is 3.56. The van der Waals surface area contributed by atoms with Crippen molar-refractivity contribution in [2.75, 3.05) is 6.54 Å². The molecule has 21 heavy (non-hydrogen) atoms. The van der Waals surface area contributed by atoms with E-state index in [1.54, 1.807) is 0 Å². The number of nitrogens with zero attached hydrogens (tertiary/aromatic N) is 1. The predicted octanol–water partition coefficient (Wildman–Crippen LogP) is 3.64. The molecular formula is C18H28N2O. The maximum absolute atomic E-state index is 12.8. The smallest absolute Gasteiger partial charge is 0.244 e. The molecule has 2 unspecified atom stereocenters. The van der Waals surface area contributed by atoms with E-state index in [9.17, 15) is 4.79 Å². The van der Waals surface area contributed by atoms with Gasteiger partial charge < -0.3 is 4.90 Å². The van der Waals surface area contributed by atoms with Gasteiger partial charge in [0, 0.05) is 6.54 Å². The van der Waals surface area contributed by atoms with Gasteiger partial charge in [-0.2, -0.15) is 0 Å². The molecule has 1 aliphatic heterocycles. The topological polar surface area (TPSA) is 32.3 Å². The van der Waals surface area contributed by atoms with Crippen LogP contribution in [0.1, 0.15) is 57.8 Å². The molecule has 0 spiro atoms. The molecule has 2 atom stereocenters. The van der Waals surface area contributed by atoms with Crippen molar-refractivity contribution in [2.45, 2.75) is 59.2 Å². The average molecular weight is 288 g/mol. The zero-order valence-corrected chi connectivity index (χ0v) is 13.9. The zero-order valence-electron chi connectivity index (χ0n) is 13.9. The summed E-state index contributed by atoms with van der Waals surface area (Å²) in [4.78, 5) is 14.8. The Morgan fingerprint density at radius 2 is 2.10 bits per heavy atom. The van der Waals surface area contributed by atoms with E-state index in [1.165, 1.54) is 11.1 Å². The molecule has 3 heteroatoms. The van der Waals surface area contributed by atoms with Crippen molar-refractivity contribution in [3.63, 3.8) is 0 Å². The van der Waals surface area contributed by atoms with Gasteiger partial charge in [0.1, 0.15) is 6.17 Å². The number of carbonyl (C=O) groups is 1. The Morgan fingerprint density at radius 3 is 2.67 bits per heavy atom. The van der Waals surface area contributed by atoms with Crippen molar-refractivity contribution in [2.24, 2.45) is 5.92 Å². The first-order chi connectivity index (χ1) is 9.87. The number of carbonyl (C=O) groups excluding carboxylic acids is 1. The van der Waals surface area contributed by atoms with Gasteiger partial charge in [-0.15, -0.1) is 0 Å². The Labute approximate surface area is 128 Å². The lowest BCUT2D eigenvalue weighted by molar-refractivity contribution is -0.133. The lowest BCUT2D eigenvalue weighted by Crippen LogP contribution is -2.43. The van der Waals surface area contributed by atoms with Gasteiger partial charge in [-0.1, -0.05) is 50.6 Å². The fourth-order valence-corrected chi connectivity index (χ4v) is 2.86. The van der Waals surface area contributed by atoms with Crippen LogP contribution in [0.2, 0.25) is 0 Å². The number of hydrogen-bond donors (Lipinski definition) is 1. The summed E-state index contributed by atoms with van der Waals surface area (Å²) in [7, 11) is 0. The molecule has 0 radical (unpaired) electrons. The number of aryl methyl sites for hydroxylation is 1. The summed E-state index contributed by atoms with van der Waals surface area (Å²) in [6.07, 6.45) is 1.85. The lowest BCUT2D eigenvalue weighted by atomic mass is 9.99. The molecule has 2 rings (SSSR count). The lowest BCUT2D eigenvalue weighted by Gasteiger charge is -2.25. The Hall–Kier alpha value is -1.35. The van der Waals surface area contributed by atoms with Gasteiger partial charge in [0.05, 0.1) is 5.54 Å². The van der Waals surface area contributed by atoms with Crippen LogP contribution in [0.3, 0.4) is 0 Å². The molecule has 1 aromatic carbocycles.